The van der Waals surface area contributed by atoms with Gasteiger partial charge in [-0.15, -0.1) is 0 Å². The Bertz CT molecular complexity index is 424. The second-order valence-electron chi connectivity index (χ2n) is 6.56. The Balaban J connectivity index is 2.94. The van der Waals surface area contributed by atoms with Crippen molar-refractivity contribution < 1.29 is 21.8 Å². The highest BCUT2D eigenvalue weighted by Crippen LogP contribution is 2.23. The van der Waals surface area contributed by atoms with Gasteiger partial charge in [0.1, 0.15) is 17.2 Å². The van der Waals surface area contributed by atoms with Crippen molar-refractivity contribution in [1.82, 2.24) is 4.90 Å². The first kappa shape index (κ1) is 12.8. The first-order valence-corrected chi connectivity index (χ1v) is 6.45. The van der Waals surface area contributed by atoms with E-state index in [4.69, 9.17) is 12.2 Å². The van der Waals surface area contributed by atoms with E-state index in [-0.39, 0.29) is 13.0 Å². The molecular formula is C14H25NO4. The number of amides is 1. The Labute approximate surface area is 118 Å². The standard InChI is InChI=1S/C14H25NO4/c1-13(2,3)18-11(16)10-8-7-9-15(10)12(17)19-14(4,5)6/h10H,7-9H2,1-6H3/t10-/m0/s1/i8D2. The number of likely N-dealkylation sites (tertiary alicyclic amines) is 1. The van der Waals surface area contributed by atoms with Crippen LogP contribution in [0.1, 0.15) is 57.1 Å². The molecule has 1 fully saturated rings. The minimum atomic E-state index is -1.82. The fourth-order valence-electron chi connectivity index (χ4n) is 1.65. The topological polar surface area (TPSA) is 55.8 Å². The summed E-state index contributed by atoms with van der Waals surface area (Å²) >= 11 is 0. The monoisotopic (exact) mass is 273 g/mol. The van der Waals surface area contributed by atoms with Gasteiger partial charge in [-0.3, -0.25) is 4.90 Å². The minimum Gasteiger partial charge on any atom is -0.458 e. The number of hydrogen-bond acceptors (Lipinski definition) is 4. The fraction of sp³-hybridized carbons (Fsp3) is 0.857. The van der Waals surface area contributed by atoms with Gasteiger partial charge in [-0.25, -0.2) is 9.59 Å². The van der Waals surface area contributed by atoms with Crippen LogP contribution in [-0.2, 0) is 14.3 Å². The van der Waals surface area contributed by atoms with Gasteiger partial charge < -0.3 is 9.47 Å². The Morgan fingerprint density at radius 3 is 2.11 bits per heavy atom. The summed E-state index contributed by atoms with van der Waals surface area (Å²) in [5.74, 6) is -0.740. The lowest BCUT2D eigenvalue weighted by Crippen LogP contribution is -2.45. The second-order valence-corrected chi connectivity index (χ2v) is 6.56. The highest BCUT2D eigenvalue weighted by molar-refractivity contribution is 5.82. The van der Waals surface area contributed by atoms with Crippen LogP contribution in [0.25, 0.3) is 0 Å². The van der Waals surface area contributed by atoms with Crippen molar-refractivity contribution in [2.45, 2.75) is 71.6 Å². The molecule has 1 atom stereocenters. The molecule has 5 heteroatoms. The zero-order valence-electron chi connectivity index (χ0n) is 14.6. The van der Waals surface area contributed by atoms with E-state index >= 15 is 0 Å². The number of hydrogen-bond donors (Lipinski definition) is 0. The molecular weight excluding hydrogens is 246 g/mol. The lowest BCUT2D eigenvalue weighted by Gasteiger charge is -2.29. The average Bonchev–Trinajstić information content (AvgIpc) is 2.48. The van der Waals surface area contributed by atoms with Crippen LogP contribution >= 0.6 is 0 Å². The minimum absolute atomic E-state index is 0.0795. The summed E-state index contributed by atoms with van der Waals surface area (Å²) < 4.78 is 26.4. The Hall–Kier alpha value is -1.26. The predicted octanol–water partition coefficient (Wildman–Crippen LogP) is 2.73. The molecule has 0 spiro atoms. The third kappa shape index (κ3) is 5.09. The Kier molecular flexibility index (Phi) is 3.62. The van der Waals surface area contributed by atoms with Gasteiger partial charge in [-0.2, -0.15) is 0 Å². The summed E-state index contributed by atoms with van der Waals surface area (Å²) in [5.41, 5.74) is -1.44. The molecule has 1 aliphatic heterocycles. The van der Waals surface area contributed by atoms with Crippen molar-refractivity contribution in [2.24, 2.45) is 0 Å². The van der Waals surface area contributed by atoms with Gasteiger partial charge in [0.15, 0.2) is 0 Å². The summed E-state index contributed by atoms with van der Waals surface area (Å²) in [6, 6.07) is -1.27. The van der Waals surface area contributed by atoms with E-state index in [0.717, 1.165) is 4.90 Å². The van der Waals surface area contributed by atoms with Gasteiger partial charge in [0.05, 0.1) is 0 Å². The number of carbonyl (C=O) groups is 2. The molecule has 110 valence electrons. The molecule has 0 N–H and O–H groups in total. The van der Waals surface area contributed by atoms with Gasteiger partial charge in [-0.1, -0.05) is 0 Å². The van der Waals surface area contributed by atoms with Crippen LogP contribution in [0.2, 0.25) is 0 Å². The van der Waals surface area contributed by atoms with E-state index in [1.807, 2.05) is 0 Å². The zero-order valence-corrected chi connectivity index (χ0v) is 12.6. The van der Waals surface area contributed by atoms with Crippen molar-refractivity contribution in [3.05, 3.63) is 0 Å². The first-order chi connectivity index (χ1) is 9.23. The molecule has 0 aromatic rings. The maximum atomic E-state index is 12.2. The van der Waals surface area contributed by atoms with Crippen LogP contribution in [0.4, 0.5) is 4.79 Å². The summed E-state index contributed by atoms with van der Waals surface area (Å²) in [4.78, 5) is 25.5. The molecule has 0 radical (unpaired) electrons. The van der Waals surface area contributed by atoms with Crippen LogP contribution in [0, 0.1) is 0 Å². The van der Waals surface area contributed by atoms with Gasteiger partial charge in [-0.05, 0) is 54.3 Å². The van der Waals surface area contributed by atoms with E-state index in [0.29, 0.717) is 0 Å². The van der Waals surface area contributed by atoms with Crippen molar-refractivity contribution in [2.75, 3.05) is 6.54 Å². The predicted molar refractivity (Wildman–Crippen MR) is 71.8 cm³/mol. The van der Waals surface area contributed by atoms with Crippen LogP contribution in [-0.4, -0.2) is 40.8 Å². The number of rotatable bonds is 1. The van der Waals surface area contributed by atoms with Crippen molar-refractivity contribution in [3.63, 3.8) is 0 Å². The van der Waals surface area contributed by atoms with Gasteiger partial charge in [0, 0.05) is 9.29 Å². The molecule has 0 saturated carbocycles. The van der Waals surface area contributed by atoms with E-state index in [1.54, 1.807) is 41.5 Å². The van der Waals surface area contributed by atoms with Crippen LogP contribution in [0.5, 0.6) is 0 Å². The van der Waals surface area contributed by atoms with E-state index < -0.39 is 35.7 Å². The largest absolute Gasteiger partial charge is 0.458 e. The van der Waals surface area contributed by atoms with Crippen molar-refractivity contribution in [3.8, 4) is 0 Å². The molecule has 0 unspecified atom stereocenters. The molecule has 1 rings (SSSR count). The Morgan fingerprint density at radius 1 is 1.11 bits per heavy atom. The first-order valence-electron chi connectivity index (χ1n) is 7.45. The van der Waals surface area contributed by atoms with Gasteiger partial charge in [0.25, 0.3) is 0 Å². The summed E-state index contributed by atoms with van der Waals surface area (Å²) in [6.07, 6.45) is -2.44. The van der Waals surface area contributed by atoms with Crippen molar-refractivity contribution in [1.29, 1.82) is 0 Å². The second kappa shape index (κ2) is 5.39. The lowest BCUT2D eigenvalue weighted by molar-refractivity contribution is -0.160. The van der Waals surface area contributed by atoms with Crippen LogP contribution in [0.3, 0.4) is 0 Å². The van der Waals surface area contributed by atoms with Crippen LogP contribution < -0.4 is 0 Å². The molecule has 1 amide bonds. The van der Waals surface area contributed by atoms with E-state index in [9.17, 15) is 9.59 Å². The van der Waals surface area contributed by atoms with Crippen molar-refractivity contribution >= 4 is 12.1 Å². The molecule has 0 bridgehead atoms. The fourth-order valence-corrected chi connectivity index (χ4v) is 1.65. The normalized spacial score (nSPS) is 24.5. The number of ether oxygens (including phenoxy) is 2. The SMILES string of the molecule is [2H]C1([2H])CCN(C(=O)OC(C)(C)C)[C@@H]1C(=O)OC(C)(C)C. The number of nitrogens with zero attached hydrogens (tertiary/aromatic N) is 1. The third-order valence-electron chi connectivity index (χ3n) is 2.26. The highest BCUT2D eigenvalue weighted by atomic mass is 16.6. The molecule has 1 aliphatic rings. The highest BCUT2D eigenvalue weighted by Gasteiger charge is 2.38. The molecule has 19 heavy (non-hydrogen) atoms. The number of esters is 1. The average molecular weight is 273 g/mol. The molecule has 1 heterocycles. The summed E-state index contributed by atoms with van der Waals surface area (Å²) in [6.45, 7) is 10.4. The lowest BCUT2D eigenvalue weighted by atomic mass is 10.1. The van der Waals surface area contributed by atoms with Gasteiger partial charge >= 0.3 is 12.1 Å². The van der Waals surface area contributed by atoms with E-state index in [2.05, 4.69) is 0 Å². The van der Waals surface area contributed by atoms with Gasteiger partial charge in [0.2, 0.25) is 0 Å². The molecule has 5 nitrogen and oxygen atoms in total. The molecule has 0 aliphatic carbocycles. The quantitative estimate of drug-likeness (QED) is 0.689. The summed E-state index contributed by atoms with van der Waals surface area (Å²) in [5, 5.41) is 0. The maximum Gasteiger partial charge on any atom is 0.411 e. The smallest absolute Gasteiger partial charge is 0.411 e. The molecule has 0 aromatic heterocycles. The van der Waals surface area contributed by atoms with E-state index in [1.165, 1.54) is 0 Å². The zero-order chi connectivity index (χ0) is 16.6. The Morgan fingerprint density at radius 2 is 1.63 bits per heavy atom. The molecule has 1 saturated heterocycles. The third-order valence-corrected chi connectivity index (χ3v) is 2.26. The maximum absolute atomic E-state index is 12.2. The number of carbonyl (C=O) groups excluding carboxylic acids is 2. The molecule has 0 aromatic carbocycles. The summed E-state index contributed by atoms with van der Waals surface area (Å²) in [7, 11) is 0. The van der Waals surface area contributed by atoms with Crippen LogP contribution in [0.15, 0.2) is 0 Å².